The molecule has 0 saturated carbocycles. The first-order chi connectivity index (χ1) is 8.84. The molecule has 0 bridgehead atoms. The maximum absolute atomic E-state index is 6.20. The zero-order valence-corrected chi connectivity index (χ0v) is 9.83. The fraction of sp³-hybridized carbons (Fsp3) is 0. The zero-order valence-electron chi connectivity index (χ0n) is 9.08. The maximum atomic E-state index is 6.20. The minimum atomic E-state index is 0.457. The van der Waals surface area contributed by atoms with Crippen LogP contribution in [0.15, 0.2) is 37.1 Å². The summed E-state index contributed by atoms with van der Waals surface area (Å²) in [5.41, 5.74) is 2.37. The number of nitrogens with zero attached hydrogens (tertiary/aromatic N) is 5. The van der Waals surface area contributed by atoms with Gasteiger partial charge in [0.25, 0.3) is 0 Å². The lowest BCUT2D eigenvalue weighted by molar-refractivity contribution is 0.965. The minimum absolute atomic E-state index is 0.457. The van der Waals surface area contributed by atoms with Gasteiger partial charge in [-0.3, -0.25) is 9.97 Å². The van der Waals surface area contributed by atoms with Crippen molar-refractivity contribution in [1.82, 2.24) is 24.6 Å². The largest absolute Gasteiger partial charge is 0.264 e. The first-order valence-corrected chi connectivity index (χ1v) is 5.74. The van der Waals surface area contributed by atoms with Crippen LogP contribution in [0.3, 0.4) is 0 Å². The second kappa shape index (κ2) is 3.36. The lowest BCUT2D eigenvalue weighted by Crippen LogP contribution is -1.85. The molecule has 0 radical (unpaired) electrons. The molecule has 0 aliphatic rings. The van der Waals surface area contributed by atoms with Gasteiger partial charge in [-0.1, -0.05) is 11.6 Å². The molecule has 0 aromatic carbocycles. The third-order valence-electron chi connectivity index (χ3n) is 2.92. The second-order valence-corrected chi connectivity index (χ2v) is 4.29. The Bertz CT molecular complexity index is 899. The third-order valence-corrected chi connectivity index (χ3v) is 3.21. The minimum Gasteiger partial charge on any atom is -0.264 e. The van der Waals surface area contributed by atoms with Crippen molar-refractivity contribution < 1.29 is 0 Å². The molecular weight excluding hydrogens is 250 g/mol. The molecule has 0 N–H and O–H groups in total. The standard InChI is InChI=1S/C12H6ClN5/c13-12-7-1-2-14-5-8(7)10-11(16-12)9-6-15-3-4-18(9)17-10/h1-6H. The van der Waals surface area contributed by atoms with Crippen molar-refractivity contribution in [2.24, 2.45) is 0 Å². The van der Waals surface area contributed by atoms with Crippen LogP contribution in [0.25, 0.3) is 27.3 Å². The summed E-state index contributed by atoms with van der Waals surface area (Å²) >= 11 is 6.20. The van der Waals surface area contributed by atoms with Crippen LogP contribution in [0.1, 0.15) is 0 Å². The number of fused-ring (bicyclic) bond motifs is 5. The highest BCUT2D eigenvalue weighted by molar-refractivity contribution is 6.35. The van der Waals surface area contributed by atoms with Crippen LogP contribution in [0.2, 0.25) is 5.15 Å². The van der Waals surface area contributed by atoms with Gasteiger partial charge < -0.3 is 0 Å². The van der Waals surface area contributed by atoms with Gasteiger partial charge in [-0.2, -0.15) is 5.10 Å². The number of pyridine rings is 2. The van der Waals surface area contributed by atoms with E-state index >= 15 is 0 Å². The molecule has 0 aliphatic heterocycles. The molecule has 86 valence electrons. The van der Waals surface area contributed by atoms with E-state index in [1.807, 2.05) is 6.07 Å². The summed E-state index contributed by atoms with van der Waals surface area (Å²) in [7, 11) is 0. The van der Waals surface area contributed by atoms with E-state index in [9.17, 15) is 0 Å². The van der Waals surface area contributed by atoms with Gasteiger partial charge in [0.15, 0.2) is 0 Å². The van der Waals surface area contributed by atoms with Crippen LogP contribution in [-0.2, 0) is 0 Å². The summed E-state index contributed by atoms with van der Waals surface area (Å²) in [6, 6.07) is 1.84. The summed E-state index contributed by atoms with van der Waals surface area (Å²) in [5.74, 6) is 0. The topological polar surface area (TPSA) is 56.0 Å². The quantitative estimate of drug-likeness (QED) is 0.453. The molecule has 4 aromatic heterocycles. The van der Waals surface area contributed by atoms with Crippen LogP contribution in [0, 0.1) is 0 Å². The highest BCUT2D eigenvalue weighted by atomic mass is 35.5. The van der Waals surface area contributed by atoms with E-state index in [2.05, 4.69) is 20.1 Å². The first kappa shape index (κ1) is 9.73. The Balaban J connectivity index is 2.36. The van der Waals surface area contributed by atoms with Crippen molar-refractivity contribution in [2.75, 3.05) is 0 Å². The van der Waals surface area contributed by atoms with Gasteiger partial charge in [-0.15, -0.1) is 0 Å². The van der Waals surface area contributed by atoms with Gasteiger partial charge >= 0.3 is 0 Å². The number of hydrogen-bond acceptors (Lipinski definition) is 4. The summed E-state index contributed by atoms with van der Waals surface area (Å²) in [5, 5.41) is 6.71. The van der Waals surface area contributed by atoms with Gasteiger partial charge in [0.05, 0.1) is 6.20 Å². The fourth-order valence-corrected chi connectivity index (χ4v) is 2.35. The Morgan fingerprint density at radius 1 is 1.00 bits per heavy atom. The van der Waals surface area contributed by atoms with Crippen LogP contribution >= 0.6 is 11.6 Å². The number of rotatable bonds is 0. The molecule has 0 spiro atoms. The van der Waals surface area contributed by atoms with Crippen LogP contribution in [0.5, 0.6) is 0 Å². The monoisotopic (exact) mass is 255 g/mol. The Morgan fingerprint density at radius 2 is 1.89 bits per heavy atom. The van der Waals surface area contributed by atoms with E-state index in [1.54, 1.807) is 35.5 Å². The number of halogens is 1. The summed E-state index contributed by atoms with van der Waals surface area (Å²) in [6.45, 7) is 0. The van der Waals surface area contributed by atoms with Crippen LogP contribution in [-0.4, -0.2) is 24.6 Å². The predicted octanol–water partition coefficient (Wildman–Crippen LogP) is 2.48. The van der Waals surface area contributed by atoms with Gasteiger partial charge in [0.2, 0.25) is 0 Å². The first-order valence-electron chi connectivity index (χ1n) is 5.36. The number of aromatic nitrogens is 5. The van der Waals surface area contributed by atoms with E-state index in [4.69, 9.17) is 11.6 Å². The zero-order chi connectivity index (χ0) is 12.1. The molecule has 18 heavy (non-hydrogen) atoms. The molecule has 0 aliphatic carbocycles. The molecule has 6 heteroatoms. The molecule has 0 amide bonds. The normalized spacial score (nSPS) is 11.6. The maximum Gasteiger partial charge on any atom is 0.137 e. The van der Waals surface area contributed by atoms with E-state index < -0.39 is 0 Å². The van der Waals surface area contributed by atoms with Crippen molar-refractivity contribution in [3.05, 3.63) is 42.2 Å². The molecule has 0 unspecified atom stereocenters. The summed E-state index contributed by atoms with van der Waals surface area (Å²) < 4.78 is 1.74. The SMILES string of the molecule is Clc1nc2c(nn3ccncc23)c2cnccc12. The van der Waals surface area contributed by atoms with E-state index in [-0.39, 0.29) is 0 Å². The van der Waals surface area contributed by atoms with E-state index in [0.29, 0.717) is 5.15 Å². The highest BCUT2D eigenvalue weighted by Gasteiger charge is 2.12. The molecule has 0 saturated heterocycles. The molecule has 5 nitrogen and oxygen atoms in total. The average molecular weight is 256 g/mol. The smallest absolute Gasteiger partial charge is 0.137 e. The second-order valence-electron chi connectivity index (χ2n) is 3.93. The third kappa shape index (κ3) is 1.16. The van der Waals surface area contributed by atoms with Crippen molar-refractivity contribution >= 4 is 38.9 Å². The highest BCUT2D eigenvalue weighted by Crippen LogP contribution is 2.29. The van der Waals surface area contributed by atoms with Crippen molar-refractivity contribution in [2.45, 2.75) is 0 Å². The Morgan fingerprint density at radius 3 is 2.83 bits per heavy atom. The van der Waals surface area contributed by atoms with Gasteiger partial charge in [0, 0.05) is 35.6 Å². The number of hydrogen-bond donors (Lipinski definition) is 0. The Labute approximate surface area is 106 Å². The van der Waals surface area contributed by atoms with E-state index in [0.717, 1.165) is 27.3 Å². The molecule has 0 atom stereocenters. The van der Waals surface area contributed by atoms with Crippen LogP contribution in [0.4, 0.5) is 0 Å². The van der Waals surface area contributed by atoms with Crippen molar-refractivity contribution in [3.8, 4) is 0 Å². The molecule has 4 heterocycles. The van der Waals surface area contributed by atoms with Crippen LogP contribution < -0.4 is 0 Å². The lowest BCUT2D eigenvalue weighted by atomic mass is 10.2. The predicted molar refractivity (Wildman–Crippen MR) is 68.6 cm³/mol. The van der Waals surface area contributed by atoms with Gasteiger partial charge in [-0.05, 0) is 6.07 Å². The molecular formula is C12H6ClN5. The molecule has 4 rings (SSSR count). The Hall–Kier alpha value is -2.27. The molecule has 0 fully saturated rings. The van der Waals surface area contributed by atoms with E-state index in [1.165, 1.54) is 0 Å². The summed E-state index contributed by atoms with van der Waals surface area (Å²) in [4.78, 5) is 12.6. The van der Waals surface area contributed by atoms with Crippen molar-refractivity contribution in [1.29, 1.82) is 0 Å². The Kier molecular flexibility index (Phi) is 1.82. The fourth-order valence-electron chi connectivity index (χ4n) is 2.10. The van der Waals surface area contributed by atoms with Crippen molar-refractivity contribution in [3.63, 3.8) is 0 Å². The average Bonchev–Trinajstić information content (AvgIpc) is 2.78. The lowest BCUT2D eigenvalue weighted by Gasteiger charge is -1.99. The molecule has 4 aromatic rings. The van der Waals surface area contributed by atoms with Gasteiger partial charge in [0.1, 0.15) is 21.7 Å². The van der Waals surface area contributed by atoms with Gasteiger partial charge in [-0.25, -0.2) is 9.50 Å². The summed E-state index contributed by atoms with van der Waals surface area (Å²) in [6.07, 6.45) is 8.64.